The van der Waals surface area contributed by atoms with Gasteiger partial charge < -0.3 is 9.84 Å². The van der Waals surface area contributed by atoms with Gasteiger partial charge in [0, 0.05) is 5.56 Å². The van der Waals surface area contributed by atoms with Crippen LogP contribution in [0.15, 0.2) is 102 Å². The van der Waals surface area contributed by atoms with E-state index >= 15 is 0 Å². The monoisotopic (exact) mass is 547 g/mol. The largest absolute Gasteiger partial charge is 0.478 e. The Morgan fingerprint density at radius 1 is 0.892 bits per heavy atom. The van der Waals surface area contributed by atoms with Gasteiger partial charge in [-0.25, -0.2) is 14.5 Å². The van der Waals surface area contributed by atoms with Crippen LogP contribution >= 0.6 is 34.5 Å². The molecule has 5 aromatic rings. The maximum Gasteiger partial charge on any atom is 0.335 e. The first-order valence-corrected chi connectivity index (χ1v) is 12.8. The van der Waals surface area contributed by atoms with E-state index in [9.17, 15) is 9.90 Å². The molecule has 4 aromatic carbocycles. The third-order valence-electron chi connectivity index (χ3n) is 5.34. The van der Waals surface area contributed by atoms with Crippen molar-refractivity contribution in [1.29, 1.82) is 0 Å². The van der Waals surface area contributed by atoms with Gasteiger partial charge in [-0.1, -0.05) is 77.0 Å². The SMILES string of the molecule is O=C(O)c1ccc(Cn2nc(-c3cccc(Oc4ccccc4)c3)s/c2=N\c2ccc(Cl)c(Cl)c2)cc1. The molecule has 0 aliphatic rings. The van der Waals surface area contributed by atoms with Gasteiger partial charge >= 0.3 is 5.97 Å². The molecule has 0 bridgehead atoms. The van der Waals surface area contributed by atoms with Gasteiger partial charge in [-0.3, -0.25) is 0 Å². The smallest absolute Gasteiger partial charge is 0.335 e. The summed E-state index contributed by atoms with van der Waals surface area (Å²) in [5, 5.41) is 15.6. The van der Waals surface area contributed by atoms with Crippen molar-refractivity contribution in [3.63, 3.8) is 0 Å². The summed E-state index contributed by atoms with van der Waals surface area (Å²) in [6, 6.07) is 29.1. The van der Waals surface area contributed by atoms with Gasteiger partial charge in [-0.05, 0) is 60.2 Å². The van der Waals surface area contributed by atoms with E-state index in [1.165, 1.54) is 11.3 Å². The molecule has 9 heteroatoms. The van der Waals surface area contributed by atoms with E-state index in [0.29, 0.717) is 32.8 Å². The number of aromatic carboxylic acids is 1. The maximum atomic E-state index is 11.2. The zero-order valence-corrected chi connectivity index (χ0v) is 21.5. The van der Waals surface area contributed by atoms with E-state index in [1.54, 1.807) is 47.1 Å². The van der Waals surface area contributed by atoms with Crippen LogP contribution in [-0.2, 0) is 6.54 Å². The highest BCUT2D eigenvalue weighted by molar-refractivity contribution is 7.12. The minimum Gasteiger partial charge on any atom is -0.478 e. The number of carbonyl (C=O) groups is 1. The second-order valence-corrected chi connectivity index (χ2v) is 9.77. The van der Waals surface area contributed by atoms with Crippen LogP contribution in [0, 0.1) is 0 Å². The fourth-order valence-corrected chi connectivity index (χ4v) is 4.73. The number of halogens is 2. The average Bonchev–Trinajstić information content (AvgIpc) is 3.29. The maximum absolute atomic E-state index is 11.2. The number of carboxylic acids is 1. The number of benzene rings is 4. The van der Waals surface area contributed by atoms with E-state index in [-0.39, 0.29) is 5.56 Å². The quantitative estimate of drug-likeness (QED) is 0.226. The molecule has 6 nitrogen and oxygen atoms in total. The predicted molar refractivity (Wildman–Crippen MR) is 146 cm³/mol. The highest BCUT2D eigenvalue weighted by atomic mass is 35.5. The molecule has 1 aromatic heterocycles. The number of aromatic nitrogens is 2. The fraction of sp³-hybridized carbons (Fsp3) is 0.0357. The van der Waals surface area contributed by atoms with Crippen molar-refractivity contribution in [2.45, 2.75) is 6.54 Å². The topological polar surface area (TPSA) is 76.7 Å². The van der Waals surface area contributed by atoms with Gasteiger partial charge in [0.2, 0.25) is 4.80 Å². The van der Waals surface area contributed by atoms with Crippen molar-refractivity contribution in [2.75, 3.05) is 0 Å². The van der Waals surface area contributed by atoms with E-state index in [0.717, 1.165) is 21.9 Å². The Labute approximate surface area is 226 Å². The van der Waals surface area contributed by atoms with E-state index in [2.05, 4.69) is 0 Å². The van der Waals surface area contributed by atoms with Crippen molar-refractivity contribution in [1.82, 2.24) is 9.78 Å². The molecule has 0 amide bonds. The summed E-state index contributed by atoms with van der Waals surface area (Å²) < 4.78 is 7.78. The molecule has 5 rings (SSSR count). The molecule has 0 fully saturated rings. The molecule has 1 N–H and O–H groups in total. The lowest BCUT2D eigenvalue weighted by Crippen LogP contribution is -2.17. The van der Waals surface area contributed by atoms with E-state index < -0.39 is 5.97 Å². The number of hydrogen-bond acceptors (Lipinski definition) is 5. The molecule has 0 aliphatic heterocycles. The van der Waals surface area contributed by atoms with Crippen LogP contribution in [0.25, 0.3) is 10.6 Å². The zero-order valence-electron chi connectivity index (χ0n) is 19.2. The van der Waals surface area contributed by atoms with Crippen molar-refractivity contribution >= 4 is 46.2 Å². The molecular weight excluding hydrogens is 529 g/mol. The summed E-state index contributed by atoms with van der Waals surface area (Å²) in [6.45, 7) is 0.400. The molecule has 0 unspecified atom stereocenters. The predicted octanol–water partition coefficient (Wildman–Crippen LogP) is 7.69. The lowest BCUT2D eigenvalue weighted by Gasteiger charge is -2.06. The van der Waals surface area contributed by atoms with Crippen molar-refractivity contribution in [3.8, 4) is 22.1 Å². The summed E-state index contributed by atoms with van der Waals surface area (Å²) in [4.78, 5) is 16.6. The summed E-state index contributed by atoms with van der Waals surface area (Å²) in [7, 11) is 0. The van der Waals surface area contributed by atoms with Crippen molar-refractivity contribution < 1.29 is 14.6 Å². The van der Waals surface area contributed by atoms with Crippen LogP contribution in [0.1, 0.15) is 15.9 Å². The Bertz CT molecular complexity index is 1630. The number of ether oxygens (including phenoxy) is 1. The molecule has 0 spiro atoms. The van der Waals surface area contributed by atoms with Crippen molar-refractivity contribution in [2.24, 2.45) is 4.99 Å². The highest BCUT2D eigenvalue weighted by Crippen LogP contribution is 2.29. The van der Waals surface area contributed by atoms with E-state index in [1.807, 2.05) is 54.6 Å². The summed E-state index contributed by atoms with van der Waals surface area (Å²) in [5.74, 6) is 0.467. The molecule has 0 saturated heterocycles. The Morgan fingerprint density at radius 3 is 2.38 bits per heavy atom. The van der Waals surface area contributed by atoms with Crippen LogP contribution in [0.4, 0.5) is 5.69 Å². The van der Waals surface area contributed by atoms with Crippen molar-refractivity contribution in [3.05, 3.63) is 123 Å². The minimum atomic E-state index is -0.969. The highest BCUT2D eigenvalue weighted by Gasteiger charge is 2.11. The third-order valence-corrected chi connectivity index (χ3v) is 7.08. The normalized spacial score (nSPS) is 11.5. The molecule has 0 saturated carbocycles. The Balaban J connectivity index is 1.53. The number of carboxylic acid groups (broad SMARTS) is 1. The Morgan fingerprint density at radius 2 is 1.65 bits per heavy atom. The number of para-hydroxylation sites is 1. The first-order valence-electron chi connectivity index (χ1n) is 11.2. The van der Waals surface area contributed by atoms with Gasteiger partial charge in [0.1, 0.15) is 16.5 Å². The first-order chi connectivity index (χ1) is 17.9. The number of hydrogen-bond donors (Lipinski definition) is 1. The van der Waals surface area contributed by atoms with Crippen LogP contribution in [0.3, 0.4) is 0 Å². The number of nitrogens with zero attached hydrogens (tertiary/aromatic N) is 3. The lowest BCUT2D eigenvalue weighted by molar-refractivity contribution is 0.0697. The average molecular weight is 548 g/mol. The molecule has 0 atom stereocenters. The molecule has 37 heavy (non-hydrogen) atoms. The van der Waals surface area contributed by atoms with Gasteiger partial charge in [0.05, 0.1) is 27.8 Å². The fourth-order valence-electron chi connectivity index (χ4n) is 3.52. The van der Waals surface area contributed by atoms with Crippen LogP contribution in [-0.4, -0.2) is 20.9 Å². The molecule has 0 radical (unpaired) electrons. The van der Waals surface area contributed by atoms with Crippen LogP contribution in [0.2, 0.25) is 10.0 Å². The van der Waals surface area contributed by atoms with E-state index in [4.69, 9.17) is 38.0 Å². The zero-order chi connectivity index (χ0) is 25.8. The first kappa shape index (κ1) is 24.8. The molecule has 1 heterocycles. The second kappa shape index (κ2) is 11.0. The van der Waals surface area contributed by atoms with Gasteiger partial charge in [-0.2, -0.15) is 5.10 Å². The van der Waals surface area contributed by atoms with Crippen LogP contribution in [0.5, 0.6) is 11.5 Å². The number of rotatable bonds is 7. The molecule has 184 valence electrons. The standard InChI is InChI=1S/C28H19Cl2N3O3S/c29-24-14-13-21(16-25(24)30)31-28-33(17-18-9-11-19(12-10-18)27(34)35)32-26(37-28)20-5-4-8-23(15-20)36-22-6-2-1-3-7-22/h1-16H,17H2,(H,34,35)/b31-28-. The summed E-state index contributed by atoms with van der Waals surface area (Å²) in [5.41, 5.74) is 2.63. The lowest BCUT2D eigenvalue weighted by atomic mass is 10.1. The Kier molecular flexibility index (Phi) is 7.37. The summed E-state index contributed by atoms with van der Waals surface area (Å²) in [6.07, 6.45) is 0. The van der Waals surface area contributed by atoms with Crippen LogP contribution < -0.4 is 9.54 Å². The minimum absolute atomic E-state index is 0.226. The molecular formula is C28H19Cl2N3O3S. The summed E-state index contributed by atoms with van der Waals surface area (Å²) >= 11 is 13.7. The molecule has 0 aliphatic carbocycles. The Hall–Kier alpha value is -3.91. The second-order valence-electron chi connectivity index (χ2n) is 8.00. The van der Waals surface area contributed by atoms with Gasteiger partial charge in [-0.15, -0.1) is 0 Å². The van der Waals surface area contributed by atoms with Gasteiger partial charge in [0.15, 0.2) is 0 Å². The van der Waals surface area contributed by atoms with Gasteiger partial charge in [0.25, 0.3) is 0 Å². The third kappa shape index (κ3) is 6.09.